The largest absolute Gasteiger partial charge is 1.00 e. The highest BCUT2D eigenvalue weighted by atomic mass is 127. The molecule has 2 rings (SSSR count). The number of imidazole rings is 1. The zero-order valence-electron chi connectivity index (χ0n) is 14.8. The lowest BCUT2D eigenvalue weighted by molar-refractivity contribution is -0.496. The Kier molecular flexibility index (Phi) is 8.33. The Labute approximate surface area is 164 Å². The fourth-order valence-electron chi connectivity index (χ4n) is 2.80. The maximum absolute atomic E-state index is 11.9. The molecule has 2 aromatic rings. The fraction of sp³-hybridized carbons (Fsp3) is 0.412. The molecule has 0 amide bonds. The molecule has 0 atom stereocenters. The van der Waals surface area contributed by atoms with E-state index in [1.807, 2.05) is 10.8 Å². The van der Waals surface area contributed by atoms with Crippen molar-refractivity contribution in [1.82, 2.24) is 9.55 Å². The van der Waals surface area contributed by atoms with E-state index in [0.29, 0.717) is 17.1 Å². The van der Waals surface area contributed by atoms with E-state index < -0.39 is 5.97 Å². The number of halogens is 1. The fourth-order valence-corrected chi connectivity index (χ4v) is 2.80. The average molecular weight is 460 g/mol. The lowest BCUT2D eigenvalue weighted by Crippen LogP contribution is -3.00. The van der Waals surface area contributed by atoms with Crippen LogP contribution in [0.1, 0.15) is 48.8 Å². The molecule has 0 bridgehead atoms. The summed E-state index contributed by atoms with van der Waals surface area (Å²) in [6.07, 6.45) is 5.42. The highest BCUT2D eigenvalue weighted by Gasteiger charge is 2.22. The normalized spacial score (nSPS) is 10.5. The van der Waals surface area contributed by atoms with Gasteiger partial charge in [0.2, 0.25) is 0 Å². The summed E-state index contributed by atoms with van der Waals surface area (Å²) in [4.78, 5) is 16.3. The number of carbonyl (C=O) groups excluding carboxylic acids is 1. The van der Waals surface area contributed by atoms with Gasteiger partial charge in [-0.05, 0) is 12.8 Å². The molecular weight excluding hydrogens is 437 g/mol. The zero-order chi connectivity index (χ0) is 17.7. The van der Waals surface area contributed by atoms with Crippen molar-refractivity contribution < 1.29 is 43.7 Å². The van der Waals surface area contributed by atoms with E-state index in [1.54, 1.807) is 12.3 Å². The molecule has 25 heavy (non-hydrogen) atoms. The number of benzene rings is 1. The van der Waals surface area contributed by atoms with Crippen molar-refractivity contribution in [2.45, 2.75) is 32.6 Å². The molecule has 0 aliphatic carbocycles. The third kappa shape index (κ3) is 4.31. The number of aromatic nitrogens is 2. The Morgan fingerprint density at radius 3 is 2.52 bits per heavy atom. The van der Waals surface area contributed by atoms with E-state index in [2.05, 4.69) is 18.8 Å². The van der Waals surface area contributed by atoms with Crippen LogP contribution in [0, 0.1) is 5.21 Å². The van der Waals surface area contributed by atoms with Gasteiger partial charge in [0.15, 0.2) is 5.69 Å². The van der Waals surface area contributed by atoms with Gasteiger partial charge in [-0.3, -0.25) is 4.57 Å². The van der Waals surface area contributed by atoms with E-state index in [1.165, 1.54) is 20.3 Å². The van der Waals surface area contributed by atoms with Crippen LogP contribution in [-0.4, -0.2) is 29.7 Å². The monoisotopic (exact) mass is 460 g/mol. The molecule has 0 spiro atoms. The summed E-state index contributed by atoms with van der Waals surface area (Å²) >= 11 is 0. The molecule has 0 radical (unpaired) electrons. The average Bonchev–Trinajstić information content (AvgIpc) is 3.10. The molecule has 2 N–H and O–H groups in total. The van der Waals surface area contributed by atoms with Crippen molar-refractivity contribution in [3.8, 4) is 11.4 Å². The van der Waals surface area contributed by atoms with Crippen LogP contribution in [0.3, 0.4) is 0 Å². The van der Waals surface area contributed by atoms with Gasteiger partial charge in [-0.15, -0.1) is 0 Å². The molecule has 0 aliphatic rings. The van der Waals surface area contributed by atoms with Crippen molar-refractivity contribution in [3.05, 3.63) is 41.1 Å². The molecule has 0 saturated heterocycles. The number of ether oxygens (including phenoxy) is 2. The van der Waals surface area contributed by atoms with Gasteiger partial charge in [0.05, 0.1) is 14.2 Å². The third-order valence-electron chi connectivity index (χ3n) is 4.16. The van der Waals surface area contributed by atoms with Gasteiger partial charge in [-0.1, -0.05) is 13.8 Å². The number of rotatable bonds is 7. The number of nitrogens with two attached hydrogens (primary N) is 1. The van der Waals surface area contributed by atoms with Crippen LogP contribution in [-0.2, 0) is 4.74 Å². The van der Waals surface area contributed by atoms with Crippen LogP contribution in [0.15, 0.2) is 24.5 Å². The van der Waals surface area contributed by atoms with E-state index >= 15 is 0 Å². The molecule has 0 unspecified atom stereocenters. The van der Waals surface area contributed by atoms with E-state index in [0.717, 1.165) is 24.1 Å². The summed E-state index contributed by atoms with van der Waals surface area (Å²) in [5, 5.41) is 11.6. The number of hydrogen-bond acceptors (Lipinski definition) is 5. The van der Waals surface area contributed by atoms with Crippen LogP contribution < -0.4 is 34.2 Å². The van der Waals surface area contributed by atoms with E-state index in [9.17, 15) is 10.0 Å². The van der Waals surface area contributed by atoms with Gasteiger partial charge < -0.3 is 44.1 Å². The Balaban J connectivity index is 0.00000312. The van der Waals surface area contributed by atoms with Gasteiger partial charge in [0.1, 0.15) is 22.8 Å². The molecule has 8 heteroatoms. The van der Waals surface area contributed by atoms with Crippen molar-refractivity contribution in [1.29, 1.82) is 0 Å². The first-order valence-electron chi connectivity index (χ1n) is 7.90. The molecule has 1 aromatic heterocycles. The summed E-state index contributed by atoms with van der Waals surface area (Å²) in [6, 6.07) is 3.16. The minimum absolute atomic E-state index is 0. The van der Waals surface area contributed by atoms with Gasteiger partial charge in [-0.2, -0.15) is 0 Å². The Morgan fingerprint density at radius 1 is 1.32 bits per heavy atom. The number of nitrogens with zero attached hydrogens (tertiary/aromatic N) is 2. The second-order valence-electron chi connectivity index (χ2n) is 5.39. The third-order valence-corrected chi connectivity index (χ3v) is 4.16. The van der Waals surface area contributed by atoms with Crippen LogP contribution in [0.5, 0.6) is 5.75 Å². The maximum atomic E-state index is 11.9. The predicted molar refractivity (Wildman–Crippen MR) is 89.7 cm³/mol. The van der Waals surface area contributed by atoms with Crippen LogP contribution in [0.2, 0.25) is 0 Å². The molecule has 0 aliphatic heterocycles. The molecule has 0 saturated carbocycles. The minimum Gasteiger partial charge on any atom is -1.00 e. The number of esters is 1. The molecule has 0 fully saturated rings. The summed E-state index contributed by atoms with van der Waals surface area (Å²) in [5.41, 5.74) is 1.95. The van der Waals surface area contributed by atoms with E-state index in [4.69, 9.17) is 9.47 Å². The lowest BCUT2D eigenvalue weighted by Gasteiger charge is -2.18. The summed E-state index contributed by atoms with van der Waals surface area (Å²) in [6.45, 7) is 4.21. The first-order chi connectivity index (χ1) is 11.6. The number of hydrogen-bond donors (Lipinski definition) is 1. The minimum atomic E-state index is -0.549. The molecule has 1 heterocycles. The van der Waals surface area contributed by atoms with E-state index in [-0.39, 0.29) is 35.5 Å². The van der Waals surface area contributed by atoms with Crippen LogP contribution >= 0.6 is 0 Å². The lowest BCUT2D eigenvalue weighted by atomic mass is 10.0. The van der Waals surface area contributed by atoms with Gasteiger partial charge in [0, 0.05) is 30.4 Å². The van der Waals surface area contributed by atoms with Gasteiger partial charge in [-0.25, -0.2) is 9.78 Å². The van der Waals surface area contributed by atoms with Gasteiger partial charge >= 0.3 is 5.97 Å². The quantitative estimate of drug-likeness (QED) is 0.255. The Hall–Kier alpha value is -1.65. The standard InChI is InChI=1S/C17H23N3O4.HI/c1-5-11(6-2)16-18-7-8-20(16)14-10-15(23-3)12(17(21)24-4)9-13(14)19-22;/h7-11H,5-6,19H2,1-4H3;1H/p-1. The highest BCUT2D eigenvalue weighted by molar-refractivity contribution is 5.94. The summed E-state index contributed by atoms with van der Waals surface area (Å²) < 4.78 is 11.9. The highest BCUT2D eigenvalue weighted by Crippen LogP contribution is 2.31. The topological polar surface area (TPSA) is 93.0 Å². The smallest absolute Gasteiger partial charge is 0.341 e. The molecular formula is C17H23IN3O4-. The SMILES string of the molecule is CCC(CC)c1nccn1-c1cc(OC)c(C(=O)OC)cc1[NH2+][O-].[I-]. The molecule has 7 nitrogen and oxygen atoms in total. The summed E-state index contributed by atoms with van der Waals surface area (Å²) in [7, 11) is 2.76. The second kappa shape index (κ2) is 9.73. The predicted octanol–water partition coefficient (Wildman–Crippen LogP) is -0.732. The Bertz CT molecular complexity index is 714. The van der Waals surface area contributed by atoms with Crippen molar-refractivity contribution >= 4 is 11.7 Å². The van der Waals surface area contributed by atoms with Crippen molar-refractivity contribution in [3.63, 3.8) is 0 Å². The zero-order valence-corrected chi connectivity index (χ0v) is 16.9. The first-order valence-corrected chi connectivity index (χ1v) is 7.90. The Morgan fingerprint density at radius 2 is 2.00 bits per heavy atom. The van der Waals surface area contributed by atoms with Crippen molar-refractivity contribution in [2.75, 3.05) is 14.2 Å². The van der Waals surface area contributed by atoms with Crippen LogP contribution in [0.25, 0.3) is 5.69 Å². The second-order valence-corrected chi connectivity index (χ2v) is 5.39. The maximum Gasteiger partial charge on any atom is 0.341 e. The summed E-state index contributed by atoms with van der Waals surface area (Å²) in [5.74, 6) is 0.973. The first kappa shape index (κ1) is 21.4. The number of quaternary nitrogens is 1. The molecule has 138 valence electrons. The molecule has 1 aromatic carbocycles. The van der Waals surface area contributed by atoms with Gasteiger partial charge in [0.25, 0.3) is 0 Å². The van der Waals surface area contributed by atoms with Crippen molar-refractivity contribution in [2.24, 2.45) is 0 Å². The number of methoxy groups -OCH3 is 2. The van der Waals surface area contributed by atoms with Crippen LogP contribution in [0.4, 0.5) is 5.69 Å². The number of carbonyl (C=O) groups is 1.